The van der Waals surface area contributed by atoms with Crippen LogP contribution in [-0.2, 0) is 6.54 Å². The second-order valence-electron chi connectivity index (χ2n) is 3.86. The summed E-state index contributed by atoms with van der Waals surface area (Å²) < 4.78 is 2.42. The molecule has 0 fully saturated rings. The SMILES string of the molecule is Cc1nn(Cc2ccc(Br)cc2)c(N)c1[N+](=O)[O-]. The van der Waals surface area contributed by atoms with Gasteiger partial charge in [0, 0.05) is 4.47 Å². The van der Waals surface area contributed by atoms with Crippen LogP contribution in [0.4, 0.5) is 11.5 Å². The Labute approximate surface area is 112 Å². The number of nitrogen functional groups attached to an aromatic ring is 1. The third kappa shape index (κ3) is 2.35. The van der Waals surface area contributed by atoms with E-state index < -0.39 is 4.92 Å². The second-order valence-corrected chi connectivity index (χ2v) is 4.78. The molecule has 0 saturated carbocycles. The minimum Gasteiger partial charge on any atom is -0.378 e. The molecule has 0 amide bonds. The fourth-order valence-corrected chi connectivity index (χ4v) is 1.96. The molecule has 0 bridgehead atoms. The lowest BCUT2D eigenvalue weighted by Crippen LogP contribution is -2.06. The van der Waals surface area contributed by atoms with E-state index in [2.05, 4.69) is 21.0 Å². The lowest BCUT2D eigenvalue weighted by molar-refractivity contribution is -0.384. The second kappa shape index (κ2) is 4.77. The summed E-state index contributed by atoms with van der Waals surface area (Å²) in [5.74, 6) is 0.0837. The molecule has 1 aromatic carbocycles. The Morgan fingerprint density at radius 1 is 1.44 bits per heavy atom. The number of hydrogen-bond acceptors (Lipinski definition) is 4. The zero-order chi connectivity index (χ0) is 13.3. The fourth-order valence-electron chi connectivity index (χ4n) is 1.70. The lowest BCUT2D eigenvalue weighted by Gasteiger charge is -2.03. The first-order valence-electron chi connectivity index (χ1n) is 5.20. The van der Waals surface area contributed by atoms with Gasteiger partial charge >= 0.3 is 5.69 Å². The van der Waals surface area contributed by atoms with E-state index in [4.69, 9.17) is 5.73 Å². The molecule has 2 N–H and O–H groups in total. The van der Waals surface area contributed by atoms with Crippen LogP contribution in [0.5, 0.6) is 0 Å². The molecule has 0 unspecified atom stereocenters. The Morgan fingerprint density at radius 3 is 2.56 bits per heavy atom. The first kappa shape index (κ1) is 12.6. The van der Waals surface area contributed by atoms with E-state index in [0.29, 0.717) is 12.2 Å². The van der Waals surface area contributed by atoms with Crippen LogP contribution in [-0.4, -0.2) is 14.7 Å². The molecule has 6 nitrogen and oxygen atoms in total. The van der Waals surface area contributed by atoms with Crippen LogP contribution >= 0.6 is 15.9 Å². The molecule has 2 aromatic rings. The maximum absolute atomic E-state index is 10.8. The van der Waals surface area contributed by atoms with E-state index in [1.54, 1.807) is 6.92 Å². The van der Waals surface area contributed by atoms with Crippen LogP contribution < -0.4 is 5.73 Å². The Morgan fingerprint density at radius 2 is 2.06 bits per heavy atom. The van der Waals surface area contributed by atoms with E-state index in [1.807, 2.05) is 24.3 Å². The van der Waals surface area contributed by atoms with Crippen molar-refractivity contribution in [2.75, 3.05) is 5.73 Å². The summed E-state index contributed by atoms with van der Waals surface area (Å²) in [7, 11) is 0. The van der Waals surface area contributed by atoms with Gasteiger partial charge in [-0.05, 0) is 24.6 Å². The monoisotopic (exact) mass is 310 g/mol. The van der Waals surface area contributed by atoms with Crippen molar-refractivity contribution < 1.29 is 4.92 Å². The Hall–Kier alpha value is -1.89. The normalized spacial score (nSPS) is 10.6. The third-order valence-corrected chi connectivity index (χ3v) is 3.09. The predicted octanol–water partition coefficient (Wildman–Crippen LogP) is 2.49. The van der Waals surface area contributed by atoms with Crippen molar-refractivity contribution in [1.82, 2.24) is 9.78 Å². The molecule has 0 aliphatic heterocycles. The molecule has 2 rings (SSSR count). The molecule has 1 aromatic heterocycles. The molecule has 1 heterocycles. The number of halogens is 1. The molecule has 94 valence electrons. The van der Waals surface area contributed by atoms with Gasteiger partial charge in [0.1, 0.15) is 5.69 Å². The summed E-state index contributed by atoms with van der Waals surface area (Å²) in [6.07, 6.45) is 0. The smallest absolute Gasteiger partial charge is 0.333 e. The average Bonchev–Trinajstić information content (AvgIpc) is 2.57. The predicted molar refractivity (Wildman–Crippen MR) is 71.3 cm³/mol. The highest BCUT2D eigenvalue weighted by atomic mass is 79.9. The average molecular weight is 311 g/mol. The number of nitro groups is 1. The number of rotatable bonds is 3. The topological polar surface area (TPSA) is 87.0 Å². The van der Waals surface area contributed by atoms with Gasteiger partial charge in [-0.15, -0.1) is 0 Å². The molecule has 0 saturated heterocycles. The zero-order valence-electron chi connectivity index (χ0n) is 9.63. The van der Waals surface area contributed by atoms with Gasteiger partial charge in [-0.25, -0.2) is 4.68 Å². The maximum Gasteiger partial charge on any atom is 0.333 e. The zero-order valence-corrected chi connectivity index (χ0v) is 11.2. The van der Waals surface area contributed by atoms with Crippen molar-refractivity contribution in [1.29, 1.82) is 0 Å². The molecular formula is C11H11BrN4O2. The summed E-state index contributed by atoms with van der Waals surface area (Å²) in [5, 5.41) is 14.9. The van der Waals surface area contributed by atoms with Crippen LogP contribution in [0.25, 0.3) is 0 Å². The number of nitrogens with two attached hydrogens (primary N) is 1. The number of hydrogen-bond donors (Lipinski definition) is 1. The Bertz CT molecular complexity index is 592. The summed E-state index contributed by atoms with van der Waals surface area (Å²) in [5.41, 5.74) is 6.92. The van der Waals surface area contributed by atoms with Gasteiger partial charge in [0.15, 0.2) is 0 Å². The van der Waals surface area contributed by atoms with Gasteiger partial charge in [0.05, 0.1) is 11.5 Å². The van der Waals surface area contributed by atoms with Crippen molar-refractivity contribution in [3.63, 3.8) is 0 Å². The van der Waals surface area contributed by atoms with Crippen LogP contribution in [0, 0.1) is 17.0 Å². The van der Waals surface area contributed by atoms with E-state index >= 15 is 0 Å². The summed E-state index contributed by atoms with van der Waals surface area (Å²) in [6.45, 7) is 1.99. The van der Waals surface area contributed by atoms with Crippen LogP contribution in [0.2, 0.25) is 0 Å². The van der Waals surface area contributed by atoms with Gasteiger partial charge < -0.3 is 5.73 Å². The highest BCUT2D eigenvalue weighted by Crippen LogP contribution is 2.25. The number of anilines is 1. The van der Waals surface area contributed by atoms with Crippen molar-refractivity contribution in [2.24, 2.45) is 0 Å². The van der Waals surface area contributed by atoms with E-state index in [9.17, 15) is 10.1 Å². The molecule has 7 heteroatoms. The standard InChI is InChI=1S/C11H11BrN4O2/c1-7-10(16(17)18)11(13)15(14-7)6-8-2-4-9(12)5-3-8/h2-5H,6,13H2,1H3. The van der Waals surface area contributed by atoms with Crippen LogP contribution in [0.15, 0.2) is 28.7 Å². The van der Waals surface area contributed by atoms with Gasteiger partial charge in [-0.2, -0.15) is 5.10 Å². The summed E-state index contributed by atoms with van der Waals surface area (Å²) in [4.78, 5) is 10.3. The van der Waals surface area contributed by atoms with E-state index in [-0.39, 0.29) is 11.5 Å². The first-order chi connectivity index (χ1) is 8.49. The Kier molecular flexibility index (Phi) is 3.33. The van der Waals surface area contributed by atoms with Gasteiger partial charge in [-0.1, -0.05) is 28.1 Å². The molecular weight excluding hydrogens is 300 g/mol. The highest BCUT2D eigenvalue weighted by Gasteiger charge is 2.22. The van der Waals surface area contributed by atoms with Gasteiger partial charge in [-0.3, -0.25) is 10.1 Å². The number of aryl methyl sites for hydroxylation is 1. The summed E-state index contributed by atoms with van der Waals surface area (Å²) >= 11 is 3.34. The van der Waals surface area contributed by atoms with Gasteiger partial charge in [0.2, 0.25) is 5.82 Å². The van der Waals surface area contributed by atoms with E-state index in [0.717, 1.165) is 10.0 Å². The third-order valence-electron chi connectivity index (χ3n) is 2.56. The Balaban J connectivity index is 2.33. The molecule has 0 radical (unpaired) electrons. The molecule has 0 aliphatic rings. The molecule has 0 aliphatic carbocycles. The van der Waals surface area contributed by atoms with Crippen molar-refractivity contribution in [3.8, 4) is 0 Å². The number of benzene rings is 1. The van der Waals surface area contributed by atoms with Crippen molar-refractivity contribution >= 4 is 27.4 Å². The van der Waals surface area contributed by atoms with Crippen LogP contribution in [0.1, 0.15) is 11.3 Å². The minimum absolute atomic E-state index is 0.0837. The number of nitrogens with zero attached hydrogens (tertiary/aromatic N) is 3. The maximum atomic E-state index is 10.8. The fraction of sp³-hybridized carbons (Fsp3) is 0.182. The van der Waals surface area contributed by atoms with Crippen molar-refractivity contribution in [3.05, 3.63) is 50.1 Å². The summed E-state index contributed by atoms with van der Waals surface area (Å²) in [6, 6.07) is 7.62. The molecule has 18 heavy (non-hydrogen) atoms. The molecule has 0 atom stereocenters. The quantitative estimate of drug-likeness (QED) is 0.697. The highest BCUT2D eigenvalue weighted by molar-refractivity contribution is 9.10. The minimum atomic E-state index is -0.504. The molecule has 0 spiro atoms. The number of aromatic nitrogens is 2. The first-order valence-corrected chi connectivity index (χ1v) is 6.00. The van der Waals surface area contributed by atoms with E-state index in [1.165, 1.54) is 4.68 Å². The van der Waals surface area contributed by atoms with Gasteiger partial charge in [0.25, 0.3) is 0 Å². The largest absolute Gasteiger partial charge is 0.378 e. The van der Waals surface area contributed by atoms with Crippen LogP contribution in [0.3, 0.4) is 0 Å². The van der Waals surface area contributed by atoms with Crippen molar-refractivity contribution in [2.45, 2.75) is 13.5 Å². The lowest BCUT2D eigenvalue weighted by atomic mass is 10.2.